The fourth-order valence-corrected chi connectivity index (χ4v) is 2.72. The molecule has 0 spiro atoms. The Morgan fingerprint density at radius 3 is 2.71 bits per heavy atom. The molecule has 114 valence electrons. The van der Waals surface area contributed by atoms with Crippen LogP contribution in [0.3, 0.4) is 0 Å². The fourth-order valence-electron chi connectivity index (χ4n) is 2.72. The van der Waals surface area contributed by atoms with Crippen LogP contribution in [-0.4, -0.2) is 43.3 Å². The molecule has 0 radical (unpaired) electrons. The Bertz CT molecular complexity index is 502. The largest absolute Gasteiger partial charge is 0.359 e. The zero-order chi connectivity index (χ0) is 15.2. The topological polar surface area (TPSA) is 49.4 Å². The highest BCUT2D eigenvalue weighted by atomic mass is 19.1. The smallest absolute Gasteiger partial charge is 0.224 e. The minimum Gasteiger partial charge on any atom is -0.359 e. The van der Waals surface area contributed by atoms with Crippen LogP contribution in [0.5, 0.6) is 0 Å². The molecule has 2 rings (SSSR count). The molecule has 0 bridgehead atoms. The number of nitrogens with one attached hydrogen (secondary N) is 1. The first-order chi connectivity index (χ1) is 10.1. The molecule has 0 aliphatic carbocycles. The minimum atomic E-state index is -0.337. The van der Waals surface area contributed by atoms with E-state index in [-0.39, 0.29) is 23.4 Å². The third kappa shape index (κ3) is 4.36. The highest BCUT2D eigenvalue weighted by molar-refractivity contribution is 5.96. The van der Waals surface area contributed by atoms with E-state index >= 15 is 0 Å². The average molecular weight is 292 g/mol. The van der Waals surface area contributed by atoms with Gasteiger partial charge in [0.25, 0.3) is 0 Å². The maximum absolute atomic E-state index is 12.8. The van der Waals surface area contributed by atoms with Gasteiger partial charge in [0.2, 0.25) is 5.91 Å². The van der Waals surface area contributed by atoms with Gasteiger partial charge in [0.15, 0.2) is 5.78 Å². The van der Waals surface area contributed by atoms with Crippen molar-refractivity contribution in [3.05, 3.63) is 35.6 Å². The molecule has 4 nitrogen and oxygen atoms in total. The number of halogens is 1. The molecule has 0 aromatic heterocycles. The Hall–Kier alpha value is -1.75. The second-order valence-electron chi connectivity index (χ2n) is 5.43. The van der Waals surface area contributed by atoms with E-state index in [1.807, 2.05) is 0 Å². The molecule has 21 heavy (non-hydrogen) atoms. The first-order valence-corrected chi connectivity index (χ1v) is 7.33. The highest BCUT2D eigenvalue weighted by Crippen LogP contribution is 2.17. The molecule has 1 heterocycles. The number of Topliss-reactive ketones (excluding diaryl/α,β-unsaturated/α-hetero) is 1. The number of piperidine rings is 1. The number of ketones is 1. The van der Waals surface area contributed by atoms with Crippen molar-refractivity contribution >= 4 is 11.7 Å². The number of carbonyl (C=O) groups excluding carboxylic acids is 2. The summed E-state index contributed by atoms with van der Waals surface area (Å²) in [4.78, 5) is 25.9. The monoisotopic (exact) mass is 292 g/mol. The predicted octanol–water partition coefficient (Wildman–Crippen LogP) is 1.86. The number of hydrogen-bond donors (Lipinski definition) is 1. The van der Waals surface area contributed by atoms with Gasteiger partial charge in [-0.2, -0.15) is 0 Å². The molecule has 1 fully saturated rings. The standard InChI is InChI=1S/C16H21FN2O2/c1-18-16(21)13-3-2-9-19(11-13)10-8-15(20)12-4-6-14(17)7-5-12/h4-7,13H,2-3,8-11H2,1H3,(H,18,21). The molecule has 1 aliphatic heterocycles. The summed E-state index contributed by atoms with van der Waals surface area (Å²) in [5.41, 5.74) is 0.538. The number of hydrogen-bond acceptors (Lipinski definition) is 3. The van der Waals surface area contributed by atoms with Crippen LogP contribution < -0.4 is 5.32 Å². The van der Waals surface area contributed by atoms with Crippen LogP contribution in [0.2, 0.25) is 0 Å². The van der Waals surface area contributed by atoms with Crippen molar-refractivity contribution in [3.8, 4) is 0 Å². The maximum Gasteiger partial charge on any atom is 0.224 e. The van der Waals surface area contributed by atoms with Crippen molar-refractivity contribution in [2.45, 2.75) is 19.3 Å². The first-order valence-electron chi connectivity index (χ1n) is 7.33. The molecule has 1 saturated heterocycles. The van der Waals surface area contributed by atoms with Crippen LogP contribution in [0.4, 0.5) is 4.39 Å². The molecule has 1 unspecified atom stereocenters. The van der Waals surface area contributed by atoms with E-state index in [4.69, 9.17) is 0 Å². The van der Waals surface area contributed by atoms with Crippen LogP contribution in [-0.2, 0) is 4.79 Å². The molecule has 1 amide bonds. The van der Waals surface area contributed by atoms with Gasteiger partial charge in [0, 0.05) is 32.1 Å². The first kappa shape index (κ1) is 15.6. The van der Waals surface area contributed by atoms with E-state index in [9.17, 15) is 14.0 Å². The number of rotatable bonds is 5. The third-order valence-corrected chi connectivity index (χ3v) is 3.94. The Morgan fingerprint density at radius 2 is 2.05 bits per heavy atom. The van der Waals surface area contributed by atoms with Gasteiger partial charge < -0.3 is 10.2 Å². The van der Waals surface area contributed by atoms with E-state index in [2.05, 4.69) is 10.2 Å². The normalized spacial score (nSPS) is 19.2. The Balaban J connectivity index is 1.83. The summed E-state index contributed by atoms with van der Waals surface area (Å²) in [5, 5.41) is 2.68. The molecule has 1 N–H and O–H groups in total. The minimum absolute atomic E-state index is 0.0112. The molecule has 5 heteroatoms. The quantitative estimate of drug-likeness (QED) is 0.843. The summed E-state index contributed by atoms with van der Waals surface area (Å²) in [6, 6.07) is 5.63. The molecule has 1 aromatic carbocycles. The van der Waals surface area contributed by atoms with Gasteiger partial charge in [-0.15, -0.1) is 0 Å². The summed E-state index contributed by atoms with van der Waals surface area (Å²) in [6.45, 7) is 2.27. The van der Waals surface area contributed by atoms with Crippen LogP contribution in [0.15, 0.2) is 24.3 Å². The van der Waals surface area contributed by atoms with Gasteiger partial charge in [-0.05, 0) is 43.7 Å². The van der Waals surface area contributed by atoms with Crippen molar-refractivity contribution in [1.82, 2.24) is 10.2 Å². The summed E-state index contributed by atoms with van der Waals surface area (Å²) in [6.07, 6.45) is 2.27. The molecular weight excluding hydrogens is 271 g/mol. The number of likely N-dealkylation sites (tertiary alicyclic amines) is 1. The second-order valence-corrected chi connectivity index (χ2v) is 5.43. The summed E-state index contributed by atoms with van der Waals surface area (Å²) >= 11 is 0. The van der Waals surface area contributed by atoms with E-state index in [0.29, 0.717) is 25.1 Å². The molecule has 1 aromatic rings. The van der Waals surface area contributed by atoms with E-state index < -0.39 is 0 Å². The highest BCUT2D eigenvalue weighted by Gasteiger charge is 2.25. The van der Waals surface area contributed by atoms with Gasteiger partial charge >= 0.3 is 0 Å². The lowest BCUT2D eigenvalue weighted by Gasteiger charge is -2.31. The number of amides is 1. The van der Waals surface area contributed by atoms with Crippen molar-refractivity contribution in [2.75, 3.05) is 26.7 Å². The summed E-state index contributed by atoms with van der Waals surface area (Å²) < 4.78 is 12.8. The number of benzene rings is 1. The molecular formula is C16H21FN2O2. The van der Waals surface area contributed by atoms with Gasteiger partial charge in [-0.1, -0.05) is 0 Å². The molecule has 0 saturated carbocycles. The van der Waals surface area contributed by atoms with Crippen LogP contribution >= 0.6 is 0 Å². The SMILES string of the molecule is CNC(=O)C1CCCN(CCC(=O)c2ccc(F)cc2)C1. The summed E-state index contributed by atoms with van der Waals surface area (Å²) in [7, 11) is 1.65. The maximum atomic E-state index is 12.8. The lowest BCUT2D eigenvalue weighted by Crippen LogP contribution is -2.42. The van der Waals surface area contributed by atoms with Crippen LogP contribution in [0, 0.1) is 11.7 Å². The zero-order valence-electron chi connectivity index (χ0n) is 12.3. The third-order valence-electron chi connectivity index (χ3n) is 3.94. The van der Waals surface area contributed by atoms with Gasteiger partial charge in [-0.25, -0.2) is 4.39 Å². The van der Waals surface area contributed by atoms with E-state index in [0.717, 1.165) is 19.4 Å². The van der Waals surface area contributed by atoms with Crippen molar-refractivity contribution < 1.29 is 14.0 Å². The Kier molecular flexibility index (Phi) is 5.44. The predicted molar refractivity (Wildman–Crippen MR) is 78.6 cm³/mol. The van der Waals surface area contributed by atoms with Gasteiger partial charge in [0.05, 0.1) is 5.92 Å². The van der Waals surface area contributed by atoms with E-state index in [1.165, 1.54) is 24.3 Å². The van der Waals surface area contributed by atoms with Gasteiger partial charge in [-0.3, -0.25) is 9.59 Å². The van der Waals surface area contributed by atoms with Crippen molar-refractivity contribution in [1.29, 1.82) is 0 Å². The lowest BCUT2D eigenvalue weighted by atomic mass is 9.97. The zero-order valence-corrected chi connectivity index (χ0v) is 12.3. The Morgan fingerprint density at radius 1 is 1.33 bits per heavy atom. The summed E-state index contributed by atoms with van der Waals surface area (Å²) in [5.74, 6) is -0.234. The Labute approximate surface area is 124 Å². The fraction of sp³-hybridized carbons (Fsp3) is 0.500. The molecule has 1 atom stereocenters. The van der Waals surface area contributed by atoms with E-state index in [1.54, 1.807) is 7.05 Å². The molecule has 1 aliphatic rings. The van der Waals surface area contributed by atoms with Crippen LogP contribution in [0.25, 0.3) is 0 Å². The average Bonchev–Trinajstić information content (AvgIpc) is 2.52. The van der Waals surface area contributed by atoms with Crippen LogP contribution in [0.1, 0.15) is 29.6 Å². The van der Waals surface area contributed by atoms with Gasteiger partial charge in [0.1, 0.15) is 5.82 Å². The van der Waals surface area contributed by atoms with Crippen molar-refractivity contribution in [2.24, 2.45) is 5.92 Å². The second kappa shape index (κ2) is 7.31. The van der Waals surface area contributed by atoms with Crippen molar-refractivity contribution in [3.63, 3.8) is 0 Å². The number of nitrogens with zero attached hydrogens (tertiary/aromatic N) is 1. The lowest BCUT2D eigenvalue weighted by molar-refractivity contribution is -0.126. The number of carbonyl (C=O) groups is 2.